The highest BCUT2D eigenvalue weighted by Crippen LogP contribution is 1.99. The van der Waals surface area contributed by atoms with Gasteiger partial charge in [0, 0.05) is 19.3 Å². The minimum Gasteiger partial charge on any atom is -0.483 e. The van der Waals surface area contributed by atoms with Gasteiger partial charge in [0.15, 0.2) is 0 Å². The molecule has 1 rings (SSSR count). The van der Waals surface area contributed by atoms with Crippen LogP contribution in [0.3, 0.4) is 0 Å². The van der Waals surface area contributed by atoms with E-state index in [1.165, 1.54) is 18.9 Å². The van der Waals surface area contributed by atoms with Gasteiger partial charge >= 0.3 is 0 Å². The summed E-state index contributed by atoms with van der Waals surface area (Å²) in [6, 6.07) is 0. The third-order valence-corrected chi connectivity index (χ3v) is 1.41. The van der Waals surface area contributed by atoms with Crippen LogP contribution < -0.4 is 0 Å². The van der Waals surface area contributed by atoms with Crippen molar-refractivity contribution in [3.63, 3.8) is 0 Å². The average Bonchev–Trinajstić information content (AvgIpc) is 2.05. The first kappa shape index (κ1) is 7.78. The molecule has 0 N–H and O–H groups in total. The van der Waals surface area contributed by atoms with E-state index < -0.39 is 0 Å². The topological polar surface area (TPSA) is 41.9 Å². The highest BCUT2D eigenvalue weighted by molar-refractivity contribution is 5.85. The predicted molar refractivity (Wildman–Crippen MR) is 41.0 cm³/mol. The van der Waals surface area contributed by atoms with E-state index in [1.54, 1.807) is 12.4 Å². The Bertz CT molecular complexity index is 220. The molecule has 60 valence electrons. The van der Waals surface area contributed by atoms with Gasteiger partial charge in [0.25, 0.3) is 0 Å². The van der Waals surface area contributed by atoms with Crippen molar-refractivity contribution in [3.05, 3.63) is 12.4 Å². The molecule has 0 unspecified atom stereocenters. The van der Waals surface area contributed by atoms with Gasteiger partial charge in [-0.1, -0.05) is 0 Å². The van der Waals surface area contributed by atoms with E-state index in [0.717, 1.165) is 0 Å². The van der Waals surface area contributed by atoms with Crippen LogP contribution >= 0.6 is 0 Å². The minimum atomic E-state index is -0.00861. The Morgan fingerprint density at radius 3 is 3.09 bits per heavy atom. The van der Waals surface area contributed by atoms with Crippen LogP contribution in [0.15, 0.2) is 17.4 Å². The monoisotopic (exact) mass is 154 g/mol. The number of hydrogen-bond donors (Lipinski definition) is 0. The molecular weight excluding hydrogens is 144 g/mol. The average molecular weight is 154 g/mol. The molecule has 0 atom stereocenters. The van der Waals surface area contributed by atoms with E-state index in [-0.39, 0.29) is 5.91 Å². The molecule has 1 aliphatic heterocycles. The van der Waals surface area contributed by atoms with Crippen LogP contribution in [0.4, 0.5) is 0 Å². The first-order valence-electron chi connectivity index (χ1n) is 3.28. The highest BCUT2D eigenvalue weighted by Gasteiger charge is 2.11. The molecule has 0 bridgehead atoms. The Labute approximate surface area is 65.2 Å². The van der Waals surface area contributed by atoms with E-state index >= 15 is 0 Å². The summed E-state index contributed by atoms with van der Waals surface area (Å²) in [6.07, 6.45) is 3.18. The number of aliphatic imine (C=N–C) groups is 1. The Morgan fingerprint density at radius 2 is 2.55 bits per heavy atom. The van der Waals surface area contributed by atoms with Crippen LogP contribution in [-0.2, 0) is 9.53 Å². The van der Waals surface area contributed by atoms with Gasteiger partial charge in [-0.2, -0.15) is 0 Å². The molecule has 11 heavy (non-hydrogen) atoms. The Kier molecular flexibility index (Phi) is 2.25. The first-order chi connectivity index (χ1) is 5.24. The summed E-state index contributed by atoms with van der Waals surface area (Å²) in [7, 11) is 1.54. The Hall–Kier alpha value is -1.32. The predicted octanol–water partition coefficient (Wildman–Crippen LogP) is 0.365. The number of carbonyl (C=O) groups is 1. The van der Waals surface area contributed by atoms with Gasteiger partial charge in [0.05, 0.1) is 7.11 Å². The van der Waals surface area contributed by atoms with Crippen molar-refractivity contribution < 1.29 is 9.53 Å². The number of nitrogens with zero attached hydrogens (tertiary/aromatic N) is 2. The summed E-state index contributed by atoms with van der Waals surface area (Å²) in [4.78, 5) is 16.3. The molecule has 0 aromatic carbocycles. The summed E-state index contributed by atoms with van der Waals surface area (Å²) in [5.74, 6) is 0.549. The molecule has 1 amide bonds. The lowest BCUT2D eigenvalue weighted by Crippen LogP contribution is -2.31. The molecule has 1 aliphatic rings. The molecule has 0 aliphatic carbocycles. The van der Waals surface area contributed by atoms with Crippen molar-refractivity contribution in [3.8, 4) is 0 Å². The van der Waals surface area contributed by atoms with Crippen LogP contribution in [0, 0.1) is 0 Å². The van der Waals surface area contributed by atoms with Gasteiger partial charge in [-0.25, -0.2) is 4.99 Å². The number of ether oxygens (including phenoxy) is 1. The van der Waals surface area contributed by atoms with Crippen molar-refractivity contribution in [2.45, 2.75) is 6.92 Å². The summed E-state index contributed by atoms with van der Waals surface area (Å²) in [6.45, 7) is 1.94. The zero-order valence-corrected chi connectivity index (χ0v) is 6.57. The lowest BCUT2D eigenvalue weighted by atomic mass is 10.4. The van der Waals surface area contributed by atoms with Crippen molar-refractivity contribution >= 4 is 11.8 Å². The van der Waals surface area contributed by atoms with Gasteiger partial charge in [0.2, 0.25) is 11.8 Å². The SMILES string of the molecule is COC1=NC=CN(C(C)=O)C1. The van der Waals surface area contributed by atoms with Crippen LogP contribution in [-0.4, -0.2) is 30.4 Å². The highest BCUT2D eigenvalue weighted by atomic mass is 16.5. The summed E-state index contributed by atoms with van der Waals surface area (Å²) >= 11 is 0. The van der Waals surface area contributed by atoms with E-state index in [4.69, 9.17) is 4.74 Å². The lowest BCUT2D eigenvalue weighted by molar-refractivity contribution is -0.125. The zero-order valence-electron chi connectivity index (χ0n) is 6.57. The largest absolute Gasteiger partial charge is 0.483 e. The minimum absolute atomic E-state index is 0.00861. The lowest BCUT2D eigenvalue weighted by Gasteiger charge is -2.18. The van der Waals surface area contributed by atoms with Crippen molar-refractivity contribution in [1.29, 1.82) is 0 Å². The summed E-state index contributed by atoms with van der Waals surface area (Å²) in [5.41, 5.74) is 0. The Morgan fingerprint density at radius 1 is 1.82 bits per heavy atom. The number of rotatable bonds is 0. The van der Waals surface area contributed by atoms with Gasteiger partial charge < -0.3 is 9.64 Å². The molecule has 0 saturated heterocycles. The number of methoxy groups -OCH3 is 1. The van der Waals surface area contributed by atoms with Gasteiger partial charge in [0.1, 0.15) is 6.54 Å². The van der Waals surface area contributed by atoms with Crippen molar-refractivity contribution in [2.24, 2.45) is 4.99 Å². The molecule has 0 radical (unpaired) electrons. The van der Waals surface area contributed by atoms with Crippen molar-refractivity contribution in [2.75, 3.05) is 13.7 Å². The summed E-state index contributed by atoms with van der Waals surface area (Å²) in [5, 5.41) is 0. The summed E-state index contributed by atoms with van der Waals surface area (Å²) < 4.78 is 4.88. The van der Waals surface area contributed by atoms with Crippen LogP contribution in [0.25, 0.3) is 0 Å². The molecular formula is C7H10N2O2. The fourth-order valence-electron chi connectivity index (χ4n) is 0.770. The van der Waals surface area contributed by atoms with Crippen molar-refractivity contribution in [1.82, 2.24) is 4.90 Å². The maximum Gasteiger partial charge on any atom is 0.223 e. The quantitative estimate of drug-likeness (QED) is 0.505. The molecule has 1 heterocycles. The van der Waals surface area contributed by atoms with Crippen LogP contribution in [0.2, 0.25) is 0 Å². The van der Waals surface area contributed by atoms with Gasteiger partial charge in [-0.05, 0) is 0 Å². The number of hydrogen-bond acceptors (Lipinski definition) is 3. The second kappa shape index (κ2) is 3.18. The number of amides is 1. The van der Waals surface area contributed by atoms with Gasteiger partial charge in [-0.15, -0.1) is 0 Å². The fraction of sp³-hybridized carbons (Fsp3) is 0.429. The van der Waals surface area contributed by atoms with E-state index in [9.17, 15) is 4.79 Å². The first-order valence-corrected chi connectivity index (χ1v) is 3.28. The molecule has 4 nitrogen and oxygen atoms in total. The van der Waals surface area contributed by atoms with Crippen LogP contribution in [0.5, 0.6) is 0 Å². The Balaban J connectivity index is 2.62. The second-order valence-electron chi connectivity index (χ2n) is 2.17. The molecule has 0 fully saturated rings. The standard InChI is InChI=1S/C7H10N2O2/c1-6(10)9-4-3-8-7(5-9)11-2/h3-4H,5H2,1-2H3. The normalized spacial score (nSPS) is 16.2. The smallest absolute Gasteiger partial charge is 0.223 e. The zero-order chi connectivity index (χ0) is 8.27. The molecule has 0 aromatic heterocycles. The van der Waals surface area contributed by atoms with E-state index in [0.29, 0.717) is 12.4 Å². The molecule has 0 aromatic rings. The maximum absolute atomic E-state index is 10.8. The third kappa shape index (κ3) is 1.80. The van der Waals surface area contributed by atoms with E-state index in [2.05, 4.69) is 4.99 Å². The van der Waals surface area contributed by atoms with Gasteiger partial charge in [-0.3, -0.25) is 4.79 Å². The molecule has 4 heteroatoms. The third-order valence-electron chi connectivity index (χ3n) is 1.41. The fourth-order valence-corrected chi connectivity index (χ4v) is 0.770. The maximum atomic E-state index is 10.8. The second-order valence-corrected chi connectivity index (χ2v) is 2.17. The molecule has 0 saturated carbocycles. The van der Waals surface area contributed by atoms with E-state index in [1.807, 2.05) is 0 Å². The van der Waals surface area contributed by atoms with Crippen LogP contribution in [0.1, 0.15) is 6.92 Å². The number of carbonyl (C=O) groups excluding carboxylic acids is 1. The molecule has 0 spiro atoms.